The van der Waals surface area contributed by atoms with E-state index < -0.39 is 24.0 Å². The first-order valence-electron chi connectivity index (χ1n) is 8.78. The van der Waals surface area contributed by atoms with Gasteiger partial charge in [-0.2, -0.15) is 0 Å². The van der Waals surface area contributed by atoms with Gasteiger partial charge in [0.25, 0.3) is 11.8 Å². The van der Waals surface area contributed by atoms with Gasteiger partial charge in [0.1, 0.15) is 6.04 Å². The molecule has 0 bridgehead atoms. The number of hydrogen-bond acceptors (Lipinski definition) is 5. The van der Waals surface area contributed by atoms with E-state index in [9.17, 15) is 14.4 Å². The lowest BCUT2D eigenvalue weighted by Crippen LogP contribution is -2.43. The molecule has 2 unspecified atom stereocenters. The first-order chi connectivity index (χ1) is 13.8. The van der Waals surface area contributed by atoms with Crippen LogP contribution in [0.3, 0.4) is 0 Å². The first-order valence-corrected chi connectivity index (χ1v) is 10.8. The Labute approximate surface area is 186 Å². The Balaban J connectivity index is 1.63. The molecule has 154 valence electrons. The summed E-state index contributed by atoms with van der Waals surface area (Å²) in [6.07, 6.45) is 0.0894. The predicted octanol–water partition coefficient (Wildman–Crippen LogP) is 4.88. The summed E-state index contributed by atoms with van der Waals surface area (Å²) in [6, 6.07) is 5.60. The van der Waals surface area contributed by atoms with Crippen LogP contribution in [-0.4, -0.2) is 41.4 Å². The van der Waals surface area contributed by atoms with Crippen molar-refractivity contribution in [1.29, 1.82) is 0 Å². The maximum absolute atomic E-state index is 12.6. The van der Waals surface area contributed by atoms with Crippen LogP contribution in [0.4, 0.5) is 5.69 Å². The molecule has 0 radical (unpaired) electrons. The summed E-state index contributed by atoms with van der Waals surface area (Å²) < 4.78 is 5.32. The minimum atomic E-state index is -1.09. The molecule has 10 heteroatoms. The number of amides is 2. The van der Waals surface area contributed by atoms with Crippen LogP contribution in [0.1, 0.15) is 29.4 Å². The molecule has 1 fully saturated rings. The van der Waals surface area contributed by atoms with Gasteiger partial charge in [-0.25, -0.2) is 4.79 Å². The minimum Gasteiger partial charge on any atom is -0.451 e. The molecular weight excluding hydrogens is 459 g/mol. The second-order valence-electron chi connectivity index (χ2n) is 6.45. The summed E-state index contributed by atoms with van der Waals surface area (Å²) >= 11 is 19.2. The van der Waals surface area contributed by atoms with Crippen molar-refractivity contribution in [3.05, 3.63) is 49.6 Å². The molecule has 6 nitrogen and oxygen atoms in total. The normalized spacial score (nSPS) is 17.1. The maximum atomic E-state index is 12.6. The summed E-state index contributed by atoms with van der Waals surface area (Å²) in [4.78, 5) is 39.7. The van der Waals surface area contributed by atoms with E-state index in [2.05, 4.69) is 5.32 Å². The van der Waals surface area contributed by atoms with Crippen LogP contribution in [0.5, 0.6) is 0 Å². The van der Waals surface area contributed by atoms with E-state index >= 15 is 0 Å². The molecule has 3 rings (SSSR count). The van der Waals surface area contributed by atoms with Crippen molar-refractivity contribution in [3.63, 3.8) is 0 Å². The van der Waals surface area contributed by atoms with Crippen LogP contribution in [-0.2, 0) is 14.3 Å². The van der Waals surface area contributed by atoms with Gasteiger partial charge in [-0.05, 0) is 43.3 Å². The lowest BCUT2D eigenvalue weighted by molar-refractivity contribution is -0.156. The predicted molar refractivity (Wildman–Crippen MR) is 114 cm³/mol. The Morgan fingerprint density at radius 1 is 1.21 bits per heavy atom. The standard InChI is InChI=1S/C19H17Cl3N2O4S/c1-10(17(25)23-14-9-12(21)11(20)8-13(14)22)28-19(27)15-4-2-6-24(15)18(26)16-5-3-7-29-16/h3,5,7-10,15H,2,4,6H2,1H3,(H,23,25). The number of anilines is 1. The monoisotopic (exact) mass is 474 g/mol. The molecule has 2 aromatic rings. The van der Waals surface area contributed by atoms with Gasteiger partial charge < -0.3 is 15.0 Å². The Bertz CT molecular complexity index is 936. The fraction of sp³-hybridized carbons (Fsp3) is 0.316. The number of esters is 1. The number of rotatable bonds is 5. The zero-order chi connectivity index (χ0) is 21.1. The molecule has 0 aliphatic carbocycles. The van der Waals surface area contributed by atoms with E-state index in [0.29, 0.717) is 24.3 Å². The number of likely N-dealkylation sites (tertiary alicyclic amines) is 1. The molecule has 29 heavy (non-hydrogen) atoms. The quantitative estimate of drug-likeness (QED) is 0.494. The summed E-state index contributed by atoms with van der Waals surface area (Å²) in [7, 11) is 0. The smallest absolute Gasteiger partial charge is 0.329 e. The van der Waals surface area contributed by atoms with E-state index in [4.69, 9.17) is 39.5 Å². The van der Waals surface area contributed by atoms with Crippen LogP contribution in [0.25, 0.3) is 0 Å². The molecule has 1 aliphatic heterocycles. The van der Waals surface area contributed by atoms with Crippen LogP contribution >= 0.6 is 46.1 Å². The molecule has 2 atom stereocenters. The highest BCUT2D eigenvalue weighted by atomic mass is 35.5. The Kier molecular flexibility index (Phi) is 7.05. The average molecular weight is 476 g/mol. The van der Waals surface area contributed by atoms with Gasteiger partial charge in [0.2, 0.25) is 0 Å². The van der Waals surface area contributed by atoms with E-state index in [1.165, 1.54) is 35.3 Å². The molecular formula is C19H17Cl3N2O4S. The topological polar surface area (TPSA) is 75.7 Å². The fourth-order valence-electron chi connectivity index (χ4n) is 2.96. The average Bonchev–Trinajstić information content (AvgIpc) is 3.37. The van der Waals surface area contributed by atoms with Gasteiger partial charge in [0, 0.05) is 6.54 Å². The minimum absolute atomic E-state index is 0.204. The molecule has 1 N–H and O–H groups in total. The summed E-state index contributed by atoms with van der Waals surface area (Å²) in [5.74, 6) is -1.40. The summed E-state index contributed by atoms with van der Waals surface area (Å²) in [5, 5.41) is 5.05. The second kappa shape index (κ2) is 9.34. The zero-order valence-electron chi connectivity index (χ0n) is 15.3. The van der Waals surface area contributed by atoms with Gasteiger partial charge in [-0.3, -0.25) is 9.59 Å². The number of carbonyl (C=O) groups is 3. The molecule has 0 saturated carbocycles. The molecule has 1 saturated heterocycles. The molecule has 1 aliphatic rings. The van der Waals surface area contributed by atoms with Crippen molar-refractivity contribution in [2.24, 2.45) is 0 Å². The van der Waals surface area contributed by atoms with Gasteiger partial charge in [-0.1, -0.05) is 40.9 Å². The fourth-order valence-corrected chi connectivity index (χ4v) is 4.23. The van der Waals surface area contributed by atoms with Crippen LogP contribution in [0.15, 0.2) is 29.6 Å². The van der Waals surface area contributed by atoms with Crippen LogP contribution < -0.4 is 5.32 Å². The number of halogens is 3. The first kappa shape index (κ1) is 21.9. The van der Waals surface area contributed by atoms with Crippen molar-refractivity contribution >= 4 is 69.6 Å². The molecule has 1 aromatic carbocycles. The van der Waals surface area contributed by atoms with Gasteiger partial charge in [0.05, 0.1) is 25.6 Å². The van der Waals surface area contributed by atoms with E-state index in [1.807, 2.05) is 0 Å². The van der Waals surface area contributed by atoms with Gasteiger partial charge >= 0.3 is 5.97 Å². The number of hydrogen-bond donors (Lipinski definition) is 1. The molecule has 2 heterocycles. The Morgan fingerprint density at radius 3 is 2.62 bits per heavy atom. The molecule has 0 spiro atoms. The van der Waals surface area contributed by atoms with E-state index in [1.54, 1.807) is 17.5 Å². The molecule has 1 aromatic heterocycles. The number of nitrogens with one attached hydrogen (secondary N) is 1. The van der Waals surface area contributed by atoms with E-state index in [-0.39, 0.29) is 26.7 Å². The van der Waals surface area contributed by atoms with Crippen molar-refractivity contribution in [2.45, 2.75) is 31.9 Å². The number of carbonyl (C=O) groups excluding carboxylic acids is 3. The maximum Gasteiger partial charge on any atom is 0.329 e. The van der Waals surface area contributed by atoms with Crippen LogP contribution in [0, 0.1) is 0 Å². The largest absolute Gasteiger partial charge is 0.451 e. The van der Waals surface area contributed by atoms with Crippen molar-refractivity contribution < 1.29 is 19.1 Å². The van der Waals surface area contributed by atoms with Crippen molar-refractivity contribution in [3.8, 4) is 0 Å². The third-order valence-electron chi connectivity index (χ3n) is 4.45. The lowest BCUT2D eigenvalue weighted by atomic mass is 10.2. The van der Waals surface area contributed by atoms with Crippen molar-refractivity contribution in [2.75, 3.05) is 11.9 Å². The molecule has 2 amide bonds. The third-order valence-corrected chi connectivity index (χ3v) is 6.34. The highest BCUT2D eigenvalue weighted by molar-refractivity contribution is 7.12. The lowest BCUT2D eigenvalue weighted by Gasteiger charge is -2.24. The third kappa shape index (κ3) is 5.04. The highest BCUT2D eigenvalue weighted by Gasteiger charge is 2.37. The number of benzene rings is 1. The van der Waals surface area contributed by atoms with E-state index in [0.717, 1.165) is 0 Å². The summed E-state index contributed by atoms with van der Waals surface area (Å²) in [6.45, 7) is 1.91. The SMILES string of the molecule is CC(OC(=O)C1CCCN1C(=O)c1cccs1)C(=O)Nc1cc(Cl)c(Cl)cc1Cl. The van der Waals surface area contributed by atoms with Gasteiger partial charge in [0.15, 0.2) is 6.10 Å². The Morgan fingerprint density at radius 2 is 1.93 bits per heavy atom. The Hall–Kier alpha value is -1.80. The number of nitrogens with zero attached hydrogens (tertiary/aromatic N) is 1. The second-order valence-corrected chi connectivity index (χ2v) is 8.62. The number of ether oxygens (including phenoxy) is 1. The van der Waals surface area contributed by atoms with Crippen molar-refractivity contribution in [1.82, 2.24) is 4.90 Å². The van der Waals surface area contributed by atoms with Gasteiger partial charge in [-0.15, -0.1) is 11.3 Å². The van der Waals surface area contributed by atoms with Crippen LogP contribution in [0.2, 0.25) is 15.1 Å². The summed E-state index contributed by atoms with van der Waals surface area (Å²) in [5.41, 5.74) is 0.254. The zero-order valence-corrected chi connectivity index (χ0v) is 18.4. The highest BCUT2D eigenvalue weighted by Crippen LogP contribution is 2.32. The number of thiophene rings is 1.